The summed E-state index contributed by atoms with van der Waals surface area (Å²) in [5.41, 5.74) is 6.63. The zero-order chi connectivity index (χ0) is 25.4. The van der Waals surface area contributed by atoms with E-state index in [1.165, 1.54) is 30.5 Å². The van der Waals surface area contributed by atoms with E-state index in [0.717, 1.165) is 28.4 Å². The van der Waals surface area contributed by atoms with Gasteiger partial charge in [0.2, 0.25) is 0 Å². The number of nitrogens with zero attached hydrogens (tertiary/aromatic N) is 2. The second-order valence-corrected chi connectivity index (χ2v) is 7.54. The molecule has 35 heavy (non-hydrogen) atoms. The van der Waals surface area contributed by atoms with E-state index >= 15 is 0 Å². The van der Waals surface area contributed by atoms with Crippen LogP contribution >= 0.6 is 0 Å². The summed E-state index contributed by atoms with van der Waals surface area (Å²) >= 11 is 0. The van der Waals surface area contributed by atoms with Gasteiger partial charge >= 0.3 is 17.8 Å². The Hall–Kier alpha value is -4.40. The Bertz CT molecular complexity index is 1230. The topological polar surface area (TPSA) is 111 Å². The summed E-state index contributed by atoms with van der Waals surface area (Å²) in [4.78, 5) is 36.0. The third-order valence-corrected chi connectivity index (χ3v) is 5.11. The molecular formula is C26H28N4O5. The number of hydrogen-bond acceptors (Lipinski definition) is 6. The van der Waals surface area contributed by atoms with Crippen molar-refractivity contribution in [3.63, 3.8) is 0 Å². The van der Waals surface area contributed by atoms with E-state index in [1.54, 1.807) is 6.92 Å². The predicted octanol–water partition coefficient (Wildman–Crippen LogP) is 3.76. The molecule has 2 aromatic carbocycles. The summed E-state index contributed by atoms with van der Waals surface area (Å²) in [6.07, 6.45) is 1.49. The minimum absolute atomic E-state index is 0.267. The summed E-state index contributed by atoms with van der Waals surface area (Å²) in [6.45, 7) is 8.44. The molecule has 0 saturated carbocycles. The van der Waals surface area contributed by atoms with Crippen molar-refractivity contribution >= 4 is 29.7 Å². The average Bonchev–Trinajstić information content (AvgIpc) is 3.13. The first-order valence-electron chi connectivity index (χ1n) is 11.2. The van der Waals surface area contributed by atoms with Crippen LogP contribution in [0.2, 0.25) is 0 Å². The molecule has 1 heterocycles. The highest BCUT2D eigenvalue weighted by atomic mass is 16.5. The number of esters is 1. The van der Waals surface area contributed by atoms with Gasteiger partial charge < -0.3 is 19.4 Å². The van der Waals surface area contributed by atoms with Crippen LogP contribution in [0.4, 0.5) is 5.69 Å². The van der Waals surface area contributed by atoms with Crippen molar-refractivity contribution < 1.29 is 23.9 Å². The van der Waals surface area contributed by atoms with Gasteiger partial charge in [-0.3, -0.25) is 9.59 Å². The van der Waals surface area contributed by atoms with E-state index in [2.05, 4.69) is 20.4 Å². The van der Waals surface area contributed by atoms with Crippen LogP contribution in [0, 0.1) is 13.8 Å². The monoisotopic (exact) mass is 476 g/mol. The third kappa shape index (κ3) is 6.35. The molecule has 0 aliphatic heterocycles. The van der Waals surface area contributed by atoms with Gasteiger partial charge in [-0.25, -0.2) is 10.2 Å². The number of aromatic nitrogens is 1. The number of amides is 2. The number of ether oxygens (including phenoxy) is 2. The SMILES string of the molecule is CCOC(=O)c1ccc(NC(=O)C(=O)N/N=C\c2cc(C)n(-c3ccc(OCC)cc3)c2C)cc1. The number of anilines is 1. The predicted molar refractivity (Wildman–Crippen MR) is 133 cm³/mol. The number of carbonyl (C=O) groups is 3. The summed E-state index contributed by atoms with van der Waals surface area (Å²) in [7, 11) is 0. The molecule has 0 bridgehead atoms. The van der Waals surface area contributed by atoms with Crippen molar-refractivity contribution in [3.8, 4) is 11.4 Å². The second-order valence-electron chi connectivity index (χ2n) is 7.54. The van der Waals surface area contributed by atoms with Crippen molar-refractivity contribution in [2.24, 2.45) is 5.10 Å². The number of rotatable bonds is 8. The van der Waals surface area contributed by atoms with Crippen LogP contribution in [0.5, 0.6) is 5.75 Å². The maximum Gasteiger partial charge on any atom is 0.338 e. The number of nitrogens with one attached hydrogen (secondary N) is 2. The molecule has 2 amide bonds. The molecule has 0 radical (unpaired) electrons. The molecular weight excluding hydrogens is 448 g/mol. The summed E-state index contributed by atoms with van der Waals surface area (Å²) in [6, 6.07) is 15.7. The Morgan fingerprint density at radius 2 is 1.63 bits per heavy atom. The summed E-state index contributed by atoms with van der Waals surface area (Å²) < 4.78 is 12.5. The molecule has 2 N–H and O–H groups in total. The van der Waals surface area contributed by atoms with Crippen LogP contribution in [0.15, 0.2) is 59.7 Å². The number of hydrazone groups is 1. The highest BCUT2D eigenvalue weighted by Gasteiger charge is 2.14. The first-order valence-corrected chi connectivity index (χ1v) is 11.2. The number of carbonyl (C=O) groups excluding carboxylic acids is 3. The molecule has 0 aliphatic rings. The van der Waals surface area contributed by atoms with Crippen LogP contribution in [-0.2, 0) is 14.3 Å². The molecule has 9 heteroatoms. The Balaban J connectivity index is 1.60. The maximum absolute atomic E-state index is 12.2. The normalized spacial score (nSPS) is 10.7. The van der Waals surface area contributed by atoms with Crippen molar-refractivity contribution in [3.05, 3.63) is 77.1 Å². The molecule has 0 atom stereocenters. The quantitative estimate of drug-likeness (QED) is 0.223. The van der Waals surface area contributed by atoms with Gasteiger partial charge in [0.05, 0.1) is 25.0 Å². The Kier molecular flexibility index (Phi) is 8.39. The van der Waals surface area contributed by atoms with Gasteiger partial charge in [0.25, 0.3) is 0 Å². The molecule has 0 fully saturated rings. The van der Waals surface area contributed by atoms with Gasteiger partial charge in [0.1, 0.15) is 5.75 Å². The minimum atomic E-state index is -0.920. The average molecular weight is 477 g/mol. The minimum Gasteiger partial charge on any atom is -0.494 e. The van der Waals surface area contributed by atoms with Gasteiger partial charge in [0.15, 0.2) is 0 Å². The number of aryl methyl sites for hydroxylation is 1. The first-order chi connectivity index (χ1) is 16.8. The molecule has 9 nitrogen and oxygen atoms in total. The highest BCUT2D eigenvalue weighted by molar-refractivity contribution is 6.39. The summed E-state index contributed by atoms with van der Waals surface area (Å²) in [5, 5.41) is 6.39. The van der Waals surface area contributed by atoms with Gasteiger partial charge in [-0.2, -0.15) is 5.10 Å². The van der Waals surface area contributed by atoms with Crippen LogP contribution in [0.3, 0.4) is 0 Å². The van der Waals surface area contributed by atoms with Gasteiger partial charge in [-0.15, -0.1) is 0 Å². The standard InChI is InChI=1S/C26H28N4O5/c1-5-34-23-13-11-22(12-14-23)30-17(3)15-20(18(30)4)16-27-29-25(32)24(31)28-21-9-7-19(8-10-21)26(33)35-6-2/h7-16H,5-6H2,1-4H3,(H,28,31)(H,29,32)/b27-16-. The van der Waals surface area contributed by atoms with Crippen LogP contribution in [-0.4, -0.2) is 41.8 Å². The first kappa shape index (κ1) is 25.2. The molecule has 0 spiro atoms. The lowest BCUT2D eigenvalue weighted by molar-refractivity contribution is -0.136. The molecule has 3 rings (SSSR count). The maximum atomic E-state index is 12.2. The largest absolute Gasteiger partial charge is 0.494 e. The second kappa shape index (κ2) is 11.6. The fraction of sp³-hybridized carbons (Fsp3) is 0.231. The lowest BCUT2D eigenvalue weighted by Crippen LogP contribution is -2.32. The third-order valence-electron chi connectivity index (χ3n) is 5.11. The zero-order valence-corrected chi connectivity index (χ0v) is 20.1. The van der Waals surface area contributed by atoms with E-state index in [4.69, 9.17) is 9.47 Å². The van der Waals surface area contributed by atoms with Crippen molar-refractivity contribution in [1.29, 1.82) is 0 Å². The Morgan fingerprint density at radius 1 is 0.943 bits per heavy atom. The van der Waals surface area contributed by atoms with Crippen molar-refractivity contribution in [2.45, 2.75) is 27.7 Å². The van der Waals surface area contributed by atoms with E-state index in [9.17, 15) is 14.4 Å². The Morgan fingerprint density at radius 3 is 2.26 bits per heavy atom. The fourth-order valence-corrected chi connectivity index (χ4v) is 3.48. The van der Waals surface area contributed by atoms with Gasteiger partial charge in [-0.1, -0.05) is 0 Å². The Labute approximate surface area is 203 Å². The molecule has 0 aliphatic carbocycles. The summed E-state index contributed by atoms with van der Waals surface area (Å²) in [5.74, 6) is -1.46. The van der Waals surface area contributed by atoms with Crippen molar-refractivity contribution in [2.75, 3.05) is 18.5 Å². The smallest absolute Gasteiger partial charge is 0.338 e. The van der Waals surface area contributed by atoms with Gasteiger partial charge in [0, 0.05) is 28.3 Å². The fourth-order valence-electron chi connectivity index (χ4n) is 3.48. The molecule has 1 aromatic heterocycles. The molecule has 0 saturated heterocycles. The molecule has 3 aromatic rings. The lowest BCUT2D eigenvalue weighted by Gasteiger charge is -2.10. The number of hydrogen-bond donors (Lipinski definition) is 2. The van der Waals surface area contributed by atoms with E-state index in [0.29, 0.717) is 17.9 Å². The molecule has 0 unspecified atom stereocenters. The number of benzene rings is 2. The van der Waals surface area contributed by atoms with Crippen LogP contribution < -0.4 is 15.5 Å². The van der Waals surface area contributed by atoms with Gasteiger partial charge in [-0.05, 0) is 82.3 Å². The van der Waals surface area contributed by atoms with E-state index in [1.807, 2.05) is 51.1 Å². The van der Waals surface area contributed by atoms with Crippen molar-refractivity contribution in [1.82, 2.24) is 9.99 Å². The van der Waals surface area contributed by atoms with Crippen LogP contribution in [0.1, 0.15) is 41.2 Å². The lowest BCUT2D eigenvalue weighted by atomic mass is 10.2. The highest BCUT2D eigenvalue weighted by Crippen LogP contribution is 2.22. The zero-order valence-electron chi connectivity index (χ0n) is 20.1. The van der Waals surface area contributed by atoms with E-state index in [-0.39, 0.29) is 6.61 Å². The molecule has 182 valence electrons. The van der Waals surface area contributed by atoms with Crippen LogP contribution in [0.25, 0.3) is 5.69 Å². The van der Waals surface area contributed by atoms with E-state index < -0.39 is 17.8 Å².